The lowest BCUT2D eigenvalue weighted by Gasteiger charge is -2.27. The van der Waals surface area contributed by atoms with Crippen LogP contribution in [0.3, 0.4) is 0 Å². The predicted molar refractivity (Wildman–Crippen MR) is 62.1 cm³/mol. The fourth-order valence-electron chi connectivity index (χ4n) is 1.84. The number of aliphatic hydroxyl groups is 1. The molecule has 0 aromatic heterocycles. The number of ether oxygens (including phenoxy) is 1. The van der Waals surface area contributed by atoms with Gasteiger partial charge in [0, 0.05) is 26.2 Å². The van der Waals surface area contributed by atoms with Gasteiger partial charge in [-0.2, -0.15) is 0 Å². The van der Waals surface area contributed by atoms with Crippen LogP contribution in [-0.4, -0.2) is 61.5 Å². The van der Waals surface area contributed by atoms with Crippen LogP contribution in [-0.2, 0) is 4.74 Å². The number of nitrogens with zero attached hydrogens (tertiary/aromatic N) is 1. The molecule has 0 unspecified atom stereocenters. The van der Waals surface area contributed by atoms with Crippen molar-refractivity contribution in [1.29, 1.82) is 0 Å². The minimum atomic E-state index is -0.0985. The number of nitrogens with one attached hydrogen (secondary N) is 1. The van der Waals surface area contributed by atoms with Gasteiger partial charge in [-0.15, -0.1) is 0 Å². The molecule has 2 rings (SSSR count). The highest BCUT2D eigenvalue weighted by Crippen LogP contribution is 2.08. The molecule has 0 saturated carbocycles. The van der Waals surface area contributed by atoms with E-state index in [0.29, 0.717) is 12.7 Å². The minimum absolute atomic E-state index is 0.0985. The van der Waals surface area contributed by atoms with E-state index in [2.05, 4.69) is 22.1 Å². The van der Waals surface area contributed by atoms with Crippen LogP contribution < -0.4 is 5.32 Å². The topological polar surface area (TPSA) is 44.7 Å². The molecule has 4 nitrogen and oxygen atoms in total. The summed E-state index contributed by atoms with van der Waals surface area (Å²) in [7, 11) is 0. The Morgan fingerprint density at radius 3 is 2.62 bits per heavy atom. The fourth-order valence-corrected chi connectivity index (χ4v) is 1.84. The minimum Gasteiger partial charge on any atom is -0.393 e. The Hall–Kier alpha value is -0.600. The summed E-state index contributed by atoms with van der Waals surface area (Å²) < 4.78 is 5.49. The molecule has 16 heavy (non-hydrogen) atoms. The van der Waals surface area contributed by atoms with Crippen molar-refractivity contribution in [3.8, 4) is 11.8 Å². The van der Waals surface area contributed by atoms with Gasteiger partial charge in [0.25, 0.3) is 0 Å². The van der Waals surface area contributed by atoms with Crippen LogP contribution in [0, 0.1) is 11.8 Å². The average Bonchev–Trinajstić information content (AvgIpc) is 2.23. The maximum atomic E-state index is 9.34. The van der Waals surface area contributed by atoms with Crippen molar-refractivity contribution in [2.75, 3.05) is 39.3 Å². The van der Waals surface area contributed by atoms with Crippen molar-refractivity contribution in [2.24, 2.45) is 0 Å². The van der Waals surface area contributed by atoms with Crippen molar-refractivity contribution >= 4 is 0 Å². The maximum Gasteiger partial charge on any atom is 0.108 e. The van der Waals surface area contributed by atoms with Crippen LogP contribution in [0.2, 0.25) is 0 Å². The lowest BCUT2D eigenvalue weighted by molar-refractivity contribution is 0.0393. The van der Waals surface area contributed by atoms with Crippen LogP contribution >= 0.6 is 0 Å². The lowest BCUT2D eigenvalue weighted by Crippen LogP contribution is -2.48. The summed E-state index contributed by atoms with van der Waals surface area (Å²) in [6, 6.07) is 0. The number of hydrogen-bond acceptors (Lipinski definition) is 4. The summed E-state index contributed by atoms with van der Waals surface area (Å²) >= 11 is 0. The fraction of sp³-hybridized carbons (Fsp3) is 0.833. The molecule has 0 atom stereocenters. The standard InChI is InChI=1S/C12H20N2O2/c15-11-3-6-14(7-4-11)5-1-2-8-16-12-9-13-10-12/h11-13,15H,3-10H2. The molecule has 0 aromatic carbocycles. The molecule has 2 N–H and O–H groups in total. The summed E-state index contributed by atoms with van der Waals surface area (Å²) in [4.78, 5) is 2.28. The molecule has 0 aromatic rings. The van der Waals surface area contributed by atoms with Gasteiger partial charge in [0.05, 0.1) is 18.8 Å². The van der Waals surface area contributed by atoms with Gasteiger partial charge in [0.15, 0.2) is 0 Å². The van der Waals surface area contributed by atoms with Gasteiger partial charge in [0.2, 0.25) is 0 Å². The van der Waals surface area contributed by atoms with Gasteiger partial charge in [-0.05, 0) is 12.8 Å². The third-order valence-electron chi connectivity index (χ3n) is 3.12. The molecular weight excluding hydrogens is 204 g/mol. The Kier molecular flexibility index (Phi) is 4.61. The molecule has 2 saturated heterocycles. The normalized spacial score (nSPS) is 23.6. The molecule has 0 amide bonds. The van der Waals surface area contributed by atoms with Gasteiger partial charge in [-0.1, -0.05) is 11.8 Å². The first-order chi connectivity index (χ1) is 7.84. The summed E-state index contributed by atoms with van der Waals surface area (Å²) in [5.41, 5.74) is 0. The highest BCUT2D eigenvalue weighted by atomic mass is 16.5. The zero-order chi connectivity index (χ0) is 11.2. The Labute approximate surface area is 97.0 Å². The molecule has 0 bridgehead atoms. The van der Waals surface area contributed by atoms with E-state index in [0.717, 1.165) is 45.6 Å². The zero-order valence-corrected chi connectivity index (χ0v) is 9.61. The van der Waals surface area contributed by atoms with E-state index in [4.69, 9.17) is 4.74 Å². The molecule has 2 heterocycles. The van der Waals surface area contributed by atoms with E-state index in [-0.39, 0.29) is 6.10 Å². The number of rotatable bonds is 3. The molecule has 0 aliphatic carbocycles. The number of hydrogen-bond donors (Lipinski definition) is 2. The maximum absolute atomic E-state index is 9.34. The van der Waals surface area contributed by atoms with Gasteiger partial charge < -0.3 is 15.2 Å². The highest BCUT2D eigenvalue weighted by Gasteiger charge is 2.16. The van der Waals surface area contributed by atoms with E-state index >= 15 is 0 Å². The quantitative estimate of drug-likeness (QED) is 0.631. The van der Waals surface area contributed by atoms with E-state index in [1.54, 1.807) is 0 Å². The molecule has 2 fully saturated rings. The van der Waals surface area contributed by atoms with Crippen molar-refractivity contribution < 1.29 is 9.84 Å². The first kappa shape index (κ1) is 11.9. The van der Waals surface area contributed by atoms with Crippen LogP contribution in [0.4, 0.5) is 0 Å². The van der Waals surface area contributed by atoms with Crippen molar-refractivity contribution in [3.05, 3.63) is 0 Å². The van der Waals surface area contributed by atoms with E-state index in [1.807, 2.05) is 0 Å². The van der Waals surface area contributed by atoms with Crippen molar-refractivity contribution in [2.45, 2.75) is 25.0 Å². The Morgan fingerprint density at radius 1 is 1.25 bits per heavy atom. The molecule has 90 valence electrons. The first-order valence-corrected chi connectivity index (χ1v) is 6.03. The third-order valence-corrected chi connectivity index (χ3v) is 3.12. The smallest absolute Gasteiger partial charge is 0.108 e. The van der Waals surface area contributed by atoms with E-state index < -0.39 is 0 Å². The van der Waals surface area contributed by atoms with Gasteiger partial charge >= 0.3 is 0 Å². The van der Waals surface area contributed by atoms with Gasteiger partial charge in [-0.3, -0.25) is 4.90 Å². The molecule has 0 radical (unpaired) electrons. The van der Waals surface area contributed by atoms with E-state index in [1.165, 1.54) is 0 Å². The van der Waals surface area contributed by atoms with E-state index in [9.17, 15) is 5.11 Å². The zero-order valence-electron chi connectivity index (χ0n) is 9.61. The second-order valence-electron chi connectivity index (χ2n) is 4.45. The van der Waals surface area contributed by atoms with Crippen molar-refractivity contribution in [3.63, 3.8) is 0 Å². The lowest BCUT2D eigenvalue weighted by atomic mass is 10.1. The van der Waals surface area contributed by atoms with Crippen LogP contribution in [0.1, 0.15) is 12.8 Å². The molecule has 0 spiro atoms. The Morgan fingerprint density at radius 2 is 2.00 bits per heavy atom. The summed E-state index contributed by atoms with van der Waals surface area (Å²) in [6.07, 6.45) is 2.04. The highest BCUT2D eigenvalue weighted by molar-refractivity contribution is 5.02. The van der Waals surface area contributed by atoms with Gasteiger partial charge in [-0.25, -0.2) is 0 Å². The molecular formula is C12H20N2O2. The van der Waals surface area contributed by atoms with Crippen LogP contribution in [0.5, 0.6) is 0 Å². The number of aliphatic hydroxyl groups excluding tert-OH is 1. The molecule has 2 aliphatic rings. The average molecular weight is 224 g/mol. The largest absolute Gasteiger partial charge is 0.393 e. The SMILES string of the molecule is OC1CCN(CC#CCOC2CNC2)CC1. The summed E-state index contributed by atoms with van der Waals surface area (Å²) in [5.74, 6) is 6.16. The van der Waals surface area contributed by atoms with Crippen LogP contribution in [0.25, 0.3) is 0 Å². The second-order valence-corrected chi connectivity index (χ2v) is 4.45. The summed E-state index contributed by atoms with van der Waals surface area (Å²) in [6.45, 7) is 5.20. The van der Waals surface area contributed by atoms with Crippen LogP contribution in [0.15, 0.2) is 0 Å². The molecule has 2 aliphatic heterocycles. The van der Waals surface area contributed by atoms with Gasteiger partial charge in [0.1, 0.15) is 6.61 Å². The second kappa shape index (κ2) is 6.21. The number of likely N-dealkylation sites (tertiary alicyclic amines) is 1. The third kappa shape index (κ3) is 3.76. The first-order valence-electron chi connectivity index (χ1n) is 6.03. The predicted octanol–water partition coefficient (Wildman–Crippen LogP) is -0.565. The van der Waals surface area contributed by atoms with Crippen molar-refractivity contribution in [1.82, 2.24) is 10.2 Å². The monoisotopic (exact) mass is 224 g/mol. The summed E-state index contributed by atoms with van der Waals surface area (Å²) in [5, 5.41) is 12.5. The Balaban J connectivity index is 1.54. The Bertz CT molecular complexity index is 260. The molecule has 4 heteroatoms. The number of piperidine rings is 1.